The van der Waals surface area contributed by atoms with Crippen molar-refractivity contribution in [2.24, 2.45) is 5.92 Å². The highest BCUT2D eigenvalue weighted by atomic mass is 32.1. The van der Waals surface area contributed by atoms with Gasteiger partial charge < -0.3 is 9.73 Å². The van der Waals surface area contributed by atoms with E-state index in [1.54, 1.807) is 6.26 Å². The number of nitrogens with zero attached hydrogens (tertiary/aromatic N) is 2. The summed E-state index contributed by atoms with van der Waals surface area (Å²) in [5.41, 5.74) is 3.26. The third-order valence-corrected chi connectivity index (χ3v) is 6.26. The molecule has 0 spiro atoms. The number of likely N-dealkylation sites (tertiary alicyclic amines) is 1. The van der Waals surface area contributed by atoms with Crippen molar-refractivity contribution in [2.75, 3.05) is 13.1 Å². The Morgan fingerprint density at radius 2 is 2.14 bits per heavy atom. The highest BCUT2D eigenvalue weighted by Gasteiger charge is 2.17. The van der Waals surface area contributed by atoms with Gasteiger partial charge in [-0.2, -0.15) is 0 Å². The van der Waals surface area contributed by atoms with E-state index < -0.39 is 0 Å². The normalized spacial score (nSPS) is 17.3. The quantitative estimate of drug-likeness (QED) is 0.624. The number of hydrogen-bond donors (Lipinski definition) is 1. The standard InChI is InChI=1S/C23H27N3O2S/c1-17-6-4-10-26(14-17)15-19-8-3-2-7-18(19)13-24-22(27)12-20-16-29-23(25-20)21-9-5-11-28-21/h2-3,5,7-9,11,16-17H,4,6,10,12-15H2,1H3,(H,24,27). The van der Waals surface area contributed by atoms with E-state index in [2.05, 4.69) is 40.3 Å². The second kappa shape index (κ2) is 9.37. The average molecular weight is 410 g/mol. The van der Waals surface area contributed by atoms with Crippen molar-refractivity contribution in [3.05, 3.63) is 64.9 Å². The summed E-state index contributed by atoms with van der Waals surface area (Å²) < 4.78 is 5.37. The van der Waals surface area contributed by atoms with Gasteiger partial charge in [-0.25, -0.2) is 4.98 Å². The number of furan rings is 1. The van der Waals surface area contributed by atoms with Crippen LogP contribution in [0.2, 0.25) is 0 Å². The van der Waals surface area contributed by atoms with Crippen LogP contribution in [0.1, 0.15) is 36.6 Å². The van der Waals surface area contributed by atoms with Crippen LogP contribution in [-0.4, -0.2) is 28.9 Å². The van der Waals surface area contributed by atoms with Gasteiger partial charge in [0.2, 0.25) is 5.91 Å². The van der Waals surface area contributed by atoms with Gasteiger partial charge in [0.15, 0.2) is 10.8 Å². The van der Waals surface area contributed by atoms with Gasteiger partial charge >= 0.3 is 0 Å². The molecule has 1 saturated heterocycles. The predicted molar refractivity (Wildman–Crippen MR) is 115 cm³/mol. The molecule has 2 aromatic heterocycles. The van der Waals surface area contributed by atoms with Crippen LogP contribution in [0.25, 0.3) is 10.8 Å². The number of piperidine rings is 1. The lowest BCUT2D eigenvalue weighted by Gasteiger charge is -2.31. The van der Waals surface area contributed by atoms with Gasteiger partial charge in [0, 0.05) is 25.0 Å². The molecule has 152 valence electrons. The van der Waals surface area contributed by atoms with Crippen LogP contribution < -0.4 is 5.32 Å². The summed E-state index contributed by atoms with van der Waals surface area (Å²) in [6, 6.07) is 12.1. The Labute approximate surface area is 175 Å². The van der Waals surface area contributed by atoms with Gasteiger partial charge in [-0.05, 0) is 48.6 Å². The number of amides is 1. The molecule has 0 bridgehead atoms. The number of thiazole rings is 1. The van der Waals surface area contributed by atoms with Crippen molar-refractivity contribution in [3.8, 4) is 10.8 Å². The smallest absolute Gasteiger partial charge is 0.226 e. The number of nitrogens with one attached hydrogen (secondary N) is 1. The zero-order valence-electron chi connectivity index (χ0n) is 16.8. The number of carbonyl (C=O) groups is 1. The van der Waals surface area contributed by atoms with Crippen molar-refractivity contribution >= 4 is 17.2 Å². The van der Waals surface area contributed by atoms with Gasteiger partial charge in [-0.15, -0.1) is 11.3 Å². The molecule has 1 fully saturated rings. The van der Waals surface area contributed by atoms with Crippen LogP contribution in [0.3, 0.4) is 0 Å². The summed E-state index contributed by atoms with van der Waals surface area (Å²) in [5.74, 6) is 1.49. The summed E-state index contributed by atoms with van der Waals surface area (Å²) in [4.78, 5) is 19.5. The minimum Gasteiger partial charge on any atom is -0.462 e. The zero-order chi connectivity index (χ0) is 20.1. The van der Waals surface area contributed by atoms with Crippen molar-refractivity contribution < 1.29 is 9.21 Å². The third-order valence-electron chi connectivity index (χ3n) is 5.35. The topological polar surface area (TPSA) is 58.4 Å². The Balaban J connectivity index is 1.32. The van der Waals surface area contributed by atoms with Crippen LogP contribution in [0.15, 0.2) is 52.5 Å². The van der Waals surface area contributed by atoms with Crippen molar-refractivity contribution in [1.29, 1.82) is 0 Å². The number of carbonyl (C=O) groups excluding carboxylic acids is 1. The summed E-state index contributed by atoms with van der Waals surface area (Å²) in [6.45, 7) is 6.14. The number of benzene rings is 1. The van der Waals surface area contributed by atoms with E-state index in [4.69, 9.17) is 4.42 Å². The van der Waals surface area contributed by atoms with Gasteiger partial charge in [0.25, 0.3) is 0 Å². The van der Waals surface area contributed by atoms with Gasteiger partial charge in [-0.1, -0.05) is 31.2 Å². The largest absolute Gasteiger partial charge is 0.462 e. The SMILES string of the molecule is CC1CCCN(Cc2ccccc2CNC(=O)Cc2csc(-c3ccco3)n2)C1. The lowest BCUT2D eigenvalue weighted by atomic mass is 9.99. The van der Waals surface area contributed by atoms with Crippen LogP contribution >= 0.6 is 11.3 Å². The molecule has 1 aromatic carbocycles. The lowest BCUT2D eigenvalue weighted by molar-refractivity contribution is -0.120. The fraction of sp³-hybridized carbons (Fsp3) is 0.391. The van der Waals surface area contributed by atoms with E-state index in [0.29, 0.717) is 6.54 Å². The molecule has 1 aliphatic rings. The van der Waals surface area contributed by atoms with Crippen molar-refractivity contribution in [2.45, 2.75) is 39.3 Å². The molecule has 6 heteroatoms. The second-order valence-electron chi connectivity index (χ2n) is 7.83. The van der Waals surface area contributed by atoms with E-state index in [1.807, 2.05) is 23.6 Å². The van der Waals surface area contributed by atoms with E-state index in [1.165, 1.54) is 35.3 Å². The first-order valence-corrected chi connectivity index (χ1v) is 11.1. The van der Waals surface area contributed by atoms with Gasteiger partial charge in [0.1, 0.15) is 0 Å². The molecule has 1 unspecified atom stereocenters. The summed E-state index contributed by atoms with van der Waals surface area (Å²) in [5, 5.41) is 5.79. The first-order chi connectivity index (χ1) is 14.2. The Morgan fingerprint density at radius 3 is 2.93 bits per heavy atom. The van der Waals surface area contributed by atoms with Crippen LogP contribution in [0.5, 0.6) is 0 Å². The van der Waals surface area contributed by atoms with E-state index in [-0.39, 0.29) is 12.3 Å². The van der Waals surface area contributed by atoms with E-state index >= 15 is 0 Å². The lowest BCUT2D eigenvalue weighted by Crippen LogP contribution is -2.34. The maximum absolute atomic E-state index is 12.4. The molecule has 1 aliphatic heterocycles. The van der Waals surface area contributed by atoms with E-state index in [9.17, 15) is 4.79 Å². The van der Waals surface area contributed by atoms with Crippen LogP contribution in [0.4, 0.5) is 0 Å². The van der Waals surface area contributed by atoms with E-state index in [0.717, 1.165) is 42.0 Å². The predicted octanol–water partition coefficient (Wildman–Crippen LogP) is 4.49. The first-order valence-electron chi connectivity index (χ1n) is 10.2. The third kappa shape index (κ3) is 5.34. The molecule has 1 amide bonds. The molecule has 29 heavy (non-hydrogen) atoms. The van der Waals surface area contributed by atoms with Gasteiger partial charge in [0.05, 0.1) is 18.4 Å². The Kier molecular flexibility index (Phi) is 6.42. The molecule has 5 nitrogen and oxygen atoms in total. The average Bonchev–Trinajstić information content (AvgIpc) is 3.39. The van der Waals surface area contributed by atoms with Crippen LogP contribution in [-0.2, 0) is 24.3 Å². The second-order valence-corrected chi connectivity index (χ2v) is 8.68. The highest BCUT2D eigenvalue weighted by Crippen LogP contribution is 2.24. The molecule has 0 saturated carbocycles. The van der Waals surface area contributed by atoms with Crippen molar-refractivity contribution in [1.82, 2.24) is 15.2 Å². The summed E-state index contributed by atoms with van der Waals surface area (Å²) in [7, 11) is 0. The molecule has 3 heterocycles. The van der Waals surface area contributed by atoms with Crippen molar-refractivity contribution in [3.63, 3.8) is 0 Å². The maximum Gasteiger partial charge on any atom is 0.226 e. The molecule has 1 atom stereocenters. The van der Waals surface area contributed by atoms with Crippen LogP contribution in [0, 0.1) is 5.92 Å². The molecular weight excluding hydrogens is 382 g/mol. The fourth-order valence-electron chi connectivity index (χ4n) is 3.88. The molecular formula is C23H27N3O2S. The number of rotatable bonds is 7. The highest BCUT2D eigenvalue weighted by molar-refractivity contribution is 7.13. The number of hydrogen-bond acceptors (Lipinski definition) is 5. The molecule has 0 aliphatic carbocycles. The monoisotopic (exact) mass is 409 g/mol. The summed E-state index contributed by atoms with van der Waals surface area (Å²) in [6.07, 6.45) is 4.51. The Hall–Kier alpha value is -2.44. The molecule has 0 radical (unpaired) electrons. The molecule has 3 aromatic rings. The maximum atomic E-state index is 12.4. The minimum absolute atomic E-state index is 0.0114. The van der Waals surface area contributed by atoms with Gasteiger partial charge in [-0.3, -0.25) is 9.69 Å². The zero-order valence-corrected chi connectivity index (χ0v) is 17.6. The Bertz CT molecular complexity index is 935. The molecule has 1 N–H and O–H groups in total. The first kappa shape index (κ1) is 19.9. The fourth-order valence-corrected chi connectivity index (χ4v) is 4.66. The number of aromatic nitrogens is 1. The Morgan fingerprint density at radius 1 is 1.28 bits per heavy atom. The minimum atomic E-state index is -0.0114. The summed E-state index contributed by atoms with van der Waals surface area (Å²) >= 11 is 1.50. The molecule has 4 rings (SSSR count).